The van der Waals surface area contributed by atoms with Gasteiger partial charge >= 0.3 is 6.03 Å². The lowest BCUT2D eigenvalue weighted by atomic mass is 10.1. The molecule has 0 bridgehead atoms. The van der Waals surface area contributed by atoms with Crippen LogP contribution in [0, 0.1) is 11.3 Å². The summed E-state index contributed by atoms with van der Waals surface area (Å²) in [5.74, 6) is -1.86. The van der Waals surface area contributed by atoms with Crippen LogP contribution in [0.2, 0.25) is 0 Å². The summed E-state index contributed by atoms with van der Waals surface area (Å²) in [6.45, 7) is 8.40. The molecule has 15 heteroatoms. The number of urea groups is 1. The molecule has 0 unspecified atom stereocenters. The van der Waals surface area contributed by atoms with E-state index in [1.165, 1.54) is 23.0 Å². The van der Waals surface area contributed by atoms with Crippen LogP contribution in [0.15, 0.2) is 41.0 Å². The van der Waals surface area contributed by atoms with Crippen LogP contribution in [0.3, 0.4) is 0 Å². The zero-order valence-electron chi connectivity index (χ0n) is 23.6. The first-order chi connectivity index (χ1) is 20.1. The third-order valence-electron chi connectivity index (χ3n) is 7.22. The lowest BCUT2D eigenvalue weighted by molar-refractivity contribution is -0.0364. The normalized spacial score (nSPS) is 17.5. The van der Waals surface area contributed by atoms with E-state index in [-0.39, 0.29) is 52.7 Å². The molecule has 2 N–H and O–H groups in total. The second-order valence-corrected chi connectivity index (χ2v) is 10.0. The molecule has 42 heavy (non-hydrogen) atoms. The Morgan fingerprint density at radius 3 is 2.69 bits per heavy atom. The van der Waals surface area contributed by atoms with Crippen LogP contribution in [0.25, 0.3) is 11.2 Å². The number of carbonyl (C=O) groups is 1. The minimum Gasteiger partial charge on any atom is -0.454 e. The molecule has 2 aliphatic rings. The number of amides is 2. The predicted molar refractivity (Wildman–Crippen MR) is 151 cm³/mol. The number of likely N-dealkylation sites (N-methyl/N-ethyl adjacent to an activating group) is 1. The minimum absolute atomic E-state index is 0.148. The molecule has 13 nitrogen and oxygen atoms in total. The Morgan fingerprint density at radius 1 is 1.26 bits per heavy atom. The average molecular weight is 580 g/mol. The molecule has 2 amide bonds. The lowest BCUT2D eigenvalue weighted by Gasteiger charge is -2.32. The summed E-state index contributed by atoms with van der Waals surface area (Å²) in [5, 5.41) is 20.0. The molecule has 0 saturated carbocycles. The number of rotatable bonds is 7. The number of nitrogens with zero attached hydrogens (tertiary/aromatic N) is 9. The molecule has 0 aliphatic carbocycles. The smallest absolute Gasteiger partial charge is 0.323 e. The van der Waals surface area contributed by atoms with Gasteiger partial charge in [0.25, 0.3) is 5.92 Å². The van der Waals surface area contributed by atoms with Crippen LogP contribution < -0.4 is 15.4 Å². The van der Waals surface area contributed by atoms with E-state index in [4.69, 9.17) is 4.74 Å². The number of imidazole rings is 1. The van der Waals surface area contributed by atoms with E-state index in [0.717, 1.165) is 13.1 Å². The molecule has 0 atom stereocenters. The second-order valence-electron chi connectivity index (χ2n) is 10.0. The van der Waals surface area contributed by atoms with Gasteiger partial charge in [0.05, 0.1) is 6.20 Å². The first-order valence-corrected chi connectivity index (χ1v) is 13.4. The van der Waals surface area contributed by atoms with Crippen molar-refractivity contribution in [2.24, 2.45) is 12.0 Å². The van der Waals surface area contributed by atoms with Crippen molar-refractivity contribution in [1.29, 1.82) is 5.26 Å². The van der Waals surface area contributed by atoms with Gasteiger partial charge in [-0.25, -0.2) is 14.8 Å². The number of halogens is 2. The number of piperazine rings is 1. The van der Waals surface area contributed by atoms with Gasteiger partial charge in [-0.3, -0.25) is 10.00 Å². The van der Waals surface area contributed by atoms with Gasteiger partial charge in [-0.05, 0) is 33.2 Å². The van der Waals surface area contributed by atoms with E-state index < -0.39 is 5.92 Å². The number of pyridine rings is 1. The summed E-state index contributed by atoms with van der Waals surface area (Å²) >= 11 is 0. The number of hydrogen-bond acceptors (Lipinski definition) is 9. The molecule has 0 aromatic carbocycles. The van der Waals surface area contributed by atoms with Crippen LogP contribution in [0.5, 0.6) is 5.75 Å². The van der Waals surface area contributed by atoms with E-state index in [0.29, 0.717) is 37.3 Å². The van der Waals surface area contributed by atoms with Gasteiger partial charge in [-0.15, -0.1) is 0 Å². The van der Waals surface area contributed by atoms with Gasteiger partial charge in [0, 0.05) is 58.3 Å². The summed E-state index contributed by atoms with van der Waals surface area (Å²) in [6, 6.07) is 3.16. The molecule has 5 heterocycles. The van der Waals surface area contributed by atoms with Crippen molar-refractivity contribution in [1.82, 2.24) is 39.4 Å². The summed E-state index contributed by atoms with van der Waals surface area (Å²) in [5.41, 5.74) is 0.628. The number of nitrogens with one attached hydrogen (secondary N) is 2. The molecule has 0 radical (unpaired) electrons. The van der Waals surface area contributed by atoms with Crippen molar-refractivity contribution in [2.75, 3.05) is 38.5 Å². The van der Waals surface area contributed by atoms with E-state index >= 15 is 0 Å². The van der Waals surface area contributed by atoms with Crippen molar-refractivity contribution in [3.63, 3.8) is 0 Å². The second kappa shape index (κ2) is 11.6. The van der Waals surface area contributed by atoms with Crippen LogP contribution in [-0.4, -0.2) is 80.1 Å². The third-order valence-corrected chi connectivity index (χ3v) is 7.22. The Hall–Kier alpha value is -4.84. The van der Waals surface area contributed by atoms with E-state index in [1.54, 1.807) is 29.5 Å². The molecule has 5 rings (SSSR count). The van der Waals surface area contributed by atoms with Crippen molar-refractivity contribution in [2.45, 2.75) is 32.2 Å². The van der Waals surface area contributed by atoms with E-state index in [1.807, 2.05) is 7.05 Å². The highest BCUT2D eigenvalue weighted by Crippen LogP contribution is 2.38. The number of carbonyl (C=O) groups excluding carboxylic acids is 1. The Balaban J connectivity index is 1.37. The Labute approximate surface area is 240 Å². The van der Waals surface area contributed by atoms with Gasteiger partial charge in [0.1, 0.15) is 34.4 Å². The number of nitriles is 1. The maximum Gasteiger partial charge on any atom is 0.323 e. The monoisotopic (exact) mass is 579 g/mol. The molecule has 3 aromatic heterocycles. The Kier molecular flexibility index (Phi) is 7.90. The molecule has 1 fully saturated rings. The average Bonchev–Trinajstić information content (AvgIpc) is 3.53. The highest BCUT2D eigenvalue weighted by atomic mass is 19.3. The summed E-state index contributed by atoms with van der Waals surface area (Å²) in [7, 11) is 3.67. The van der Waals surface area contributed by atoms with Gasteiger partial charge in [0.2, 0.25) is 5.95 Å². The Bertz CT molecular complexity index is 1620. The number of anilines is 2. The molecule has 1 saturated heterocycles. The number of aromatic nitrogens is 5. The number of aliphatic imine (C=N–C) groups is 1. The quantitative estimate of drug-likeness (QED) is 0.246. The maximum atomic E-state index is 14.3. The number of allylic oxidation sites excluding steroid dienone is 2. The fourth-order valence-electron chi connectivity index (χ4n) is 4.84. The van der Waals surface area contributed by atoms with Crippen molar-refractivity contribution < 1.29 is 18.3 Å². The summed E-state index contributed by atoms with van der Waals surface area (Å²) in [4.78, 5) is 29.2. The number of aryl methyl sites for hydroxylation is 2. The van der Waals surface area contributed by atoms with E-state index in [2.05, 4.69) is 48.4 Å². The van der Waals surface area contributed by atoms with E-state index in [9.17, 15) is 18.8 Å². The van der Waals surface area contributed by atoms with Crippen molar-refractivity contribution in [3.05, 3.63) is 47.3 Å². The fourth-order valence-corrected chi connectivity index (χ4v) is 4.84. The van der Waals surface area contributed by atoms with Crippen LogP contribution >= 0.6 is 0 Å². The standard InChI is InChI=1S/C27H31F2N11O2/c1-5-17(13-21(31-2)34-26(41)39-11-9-37(3)10-12-39)42-19-16-32-24-23(18(19)15-30)38(4)25(35-24)33-22-14-20-27(28,29)7-6-8-40(20)36-22/h5,13-14,16H,2,6-12H2,1,3-4H3,(H,34,41)(H,32,33,35,36)/b17-5+,21-13+. The minimum atomic E-state index is -2.95. The molecule has 0 spiro atoms. The highest BCUT2D eigenvalue weighted by Gasteiger charge is 2.38. The molecular formula is C27H31F2N11O2. The van der Waals surface area contributed by atoms with Crippen molar-refractivity contribution in [3.8, 4) is 11.8 Å². The van der Waals surface area contributed by atoms with Gasteiger partial charge in [0.15, 0.2) is 17.2 Å². The zero-order chi connectivity index (χ0) is 30.0. The topological polar surface area (TPSA) is 142 Å². The fraction of sp³-hybridized carbons (Fsp3) is 0.407. The zero-order valence-corrected chi connectivity index (χ0v) is 23.6. The first kappa shape index (κ1) is 28.7. The lowest BCUT2D eigenvalue weighted by Crippen LogP contribution is -2.50. The van der Waals surface area contributed by atoms with Crippen LogP contribution in [-0.2, 0) is 19.5 Å². The van der Waals surface area contributed by atoms with Gasteiger partial charge < -0.3 is 24.4 Å². The van der Waals surface area contributed by atoms with Crippen LogP contribution in [0.4, 0.5) is 25.3 Å². The molecular weight excluding hydrogens is 548 g/mol. The maximum absolute atomic E-state index is 14.3. The summed E-state index contributed by atoms with van der Waals surface area (Å²) < 4.78 is 37.5. The molecule has 2 aliphatic heterocycles. The van der Waals surface area contributed by atoms with Gasteiger partial charge in [-0.2, -0.15) is 24.1 Å². The number of alkyl halides is 2. The van der Waals surface area contributed by atoms with Crippen molar-refractivity contribution >= 4 is 35.7 Å². The van der Waals surface area contributed by atoms with Gasteiger partial charge in [-0.1, -0.05) is 0 Å². The molecule has 220 valence electrons. The molecule has 3 aromatic rings. The first-order valence-electron chi connectivity index (χ1n) is 13.4. The largest absolute Gasteiger partial charge is 0.454 e. The number of fused-ring (bicyclic) bond motifs is 2. The highest BCUT2D eigenvalue weighted by molar-refractivity contribution is 5.84. The number of ether oxygens (including phenoxy) is 1. The summed E-state index contributed by atoms with van der Waals surface area (Å²) in [6.07, 6.45) is 4.62. The third kappa shape index (κ3) is 5.66. The Morgan fingerprint density at radius 2 is 2.02 bits per heavy atom. The van der Waals surface area contributed by atoms with Crippen LogP contribution in [0.1, 0.15) is 31.0 Å². The number of hydrogen-bond donors (Lipinski definition) is 2. The predicted octanol–water partition coefficient (Wildman–Crippen LogP) is 3.45. The SMILES string of the molecule is C=N/C(=C\C(=C/C)Oc1cnc2nc(Nc3cc4n(n3)CCCC4(F)F)n(C)c2c1C#N)NC(=O)N1CCN(C)CC1.